The lowest BCUT2D eigenvalue weighted by Crippen LogP contribution is -2.48. The first kappa shape index (κ1) is 18.4. The molecule has 2 fully saturated rings. The number of carbonyl (C=O) groups excluding carboxylic acids is 1. The molecule has 2 aliphatic rings. The van der Waals surface area contributed by atoms with Crippen molar-refractivity contribution in [1.82, 2.24) is 13.9 Å². The molecule has 138 valence electrons. The second kappa shape index (κ2) is 7.85. The Balaban J connectivity index is 1.52. The third-order valence-electron chi connectivity index (χ3n) is 5.20. The van der Waals surface area contributed by atoms with Crippen LogP contribution in [-0.2, 0) is 15.0 Å². The SMILES string of the molecule is C[C@@H](NC(=O)C1CCN(S(=O)(=O)N2CCCC2)CC1)c1ccccc1. The zero-order valence-corrected chi connectivity index (χ0v) is 15.5. The Bertz CT molecular complexity index is 679. The Labute approximate surface area is 150 Å². The Hall–Kier alpha value is -1.44. The molecule has 2 aliphatic heterocycles. The minimum Gasteiger partial charge on any atom is -0.349 e. The van der Waals surface area contributed by atoms with Gasteiger partial charge >= 0.3 is 0 Å². The molecule has 0 unspecified atom stereocenters. The summed E-state index contributed by atoms with van der Waals surface area (Å²) in [5.41, 5.74) is 1.07. The van der Waals surface area contributed by atoms with Gasteiger partial charge in [-0.2, -0.15) is 17.0 Å². The van der Waals surface area contributed by atoms with E-state index >= 15 is 0 Å². The summed E-state index contributed by atoms with van der Waals surface area (Å²) in [6.45, 7) is 4.07. The van der Waals surface area contributed by atoms with E-state index in [0.717, 1.165) is 18.4 Å². The minimum absolute atomic E-state index is 0.0228. The van der Waals surface area contributed by atoms with Gasteiger partial charge in [-0.25, -0.2) is 0 Å². The fraction of sp³-hybridized carbons (Fsp3) is 0.611. The van der Waals surface area contributed by atoms with Crippen LogP contribution >= 0.6 is 0 Å². The molecule has 6 nitrogen and oxygen atoms in total. The topological polar surface area (TPSA) is 69.7 Å². The first-order chi connectivity index (χ1) is 12.0. The molecule has 1 N–H and O–H groups in total. The number of benzene rings is 1. The van der Waals surface area contributed by atoms with E-state index in [4.69, 9.17) is 0 Å². The lowest BCUT2D eigenvalue weighted by Gasteiger charge is -2.33. The fourth-order valence-electron chi connectivity index (χ4n) is 3.59. The second-order valence-electron chi connectivity index (χ2n) is 6.93. The molecule has 0 spiro atoms. The minimum atomic E-state index is -3.34. The number of nitrogens with one attached hydrogen (secondary N) is 1. The first-order valence-corrected chi connectivity index (χ1v) is 10.5. The van der Waals surface area contributed by atoms with Gasteiger partial charge in [-0.15, -0.1) is 0 Å². The number of hydrogen-bond donors (Lipinski definition) is 1. The quantitative estimate of drug-likeness (QED) is 0.867. The smallest absolute Gasteiger partial charge is 0.281 e. The molecular weight excluding hydrogens is 338 g/mol. The van der Waals surface area contributed by atoms with Crippen molar-refractivity contribution in [2.75, 3.05) is 26.2 Å². The Kier molecular flexibility index (Phi) is 5.76. The molecule has 0 radical (unpaired) electrons. The summed E-state index contributed by atoms with van der Waals surface area (Å²) >= 11 is 0. The molecule has 1 atom stereocenters. The van der Waals surface area contributed by atoms with Gasteiger partial charge in [0.05, 0.1) is 6.04 Å². The summed E-state index contributed by atoms with van der Waals surface area (Å²) in [7, 11) is -3.34. The maximum Gasteiger partial charge on any atom is 0.281 e. The van der Waals surface area contributed by atoms with Crippen molar-refractivity contribution in [2.24, 2.45) is 5.92 Å². The van der Waals surface area contributed by atoms with Gasteiger partial charge in [0.25, 0.3) is 10.2 Å². The van der Waals surface area contributed by atoms with Crippen molar-refractivity contribution in [3.05, 3.63) is 35.9 Å². The van der Waals surface area contributed by atoms with E-state index in [1.54, 1.807) is 8.61 Å². The van der Waals surface area contributed by atoms with Gasteiger partial charge in [-0.1, -0.05) is 30.3 Å². The summed E-state index contributed by atoms with van der Waals surface area (Å²) < 4.78 is 28.3. The average molecular weight is 365 g/mol. The molecular formula is C18H27N3O3S. The first-order valence-electron chi connectivity index (χ1n) is 9.09. The molecule has 0 aliphatic carbocycles. The summed E-state index contributed by atoms with van der Waals surface area (Å²) in [5.74, 6) is -0.0919. The van der Waals surface area contributed by atoms with Gasteiger partial charge in [0.1, 0.15) is 0 Å². The van der Waals surface area contributed by atoms with Gasteiger partial charge in [-0.3, -0.25) is 4.79 Å². The molecule has 1 aromatic rings. The van der Waals surface area contributed by atoms with E-state index in [2.05, 4.69) is 5.32 Å². The monoisotopic (exact) mass is 365 g/mol. The normalized spacial score (nSPS) is 22.0. The third kappa shape index (κ3) is 4.22. The van der Waals surface area contributed by atoms with Gasteiger partial charge in [0.2, 0.25) is 5.91 Å². The van der Waals surface area contributed by atoms with Crippen LogP contribution in [-0.4, -0.2) is 49.1 Å². The predicted octanol–water partition coefficient (Wildman–Crippen LogP) is 1.92. The van der Waals surface area contributed by atoms with E-state index in [1.165, 1.54) is 0 Å². The highest BCUT2D eigenvalue weighted by Gasteiger charge is 2.35. The van der Waals surface area contributed by atoms with Crippen LogP contribution in [0.25, 0.3) is 0 Å². The van der Waals surface area contributed by atoms with Crippen molar-refractivity contribution in [2.45, 2.75) is 38.6 Å². The zero-order valence-electron chi connectivity index (χ0n) is 14.7. The van der Waals surface area contributed by atoms with Crippen molar-refractivity contribution in [3.63, 3.8) is 0 Å². The number of piperidine rings is 1. The van der Waals surface area contributed by atoms with Crippen LogP contribution in [0.4, 0.5) is 0 Å². The van der Waals surface area contributed by atoms with Crippen LogP contribution < -0.4 is 5.32 Å². The second-order valence-corrected chi connectivity index (χ2v) is 8.86. The van der Waals surface area contributed by atoms with E-state index in [-0.39, 0.29) is 17.9 Å². The van der Waals surface area contributed by atoms with Crippen molar-refractivity contribution in [3.8, 4) is 0 Å². The summed E-state index contributed by atoms with van der Waals surface area (Å²) in [4.78, 5) is 12.5. The molecule has 0 aromatic heterocycles. The molecule has 3 rings (SSSR count). The average Bonchev–Trinajstić information content (AvgIpc) is 3.18. The van der Waals surface area contributed by atoms with Gasteiger partial charge < -0.3 is 5.32 Å². The Morgan fingerprint density at radius 3 is 2.20 bits per heavy atom. The molecule has 7 heteroatoms. The lowest BCUT2D eigenvalue weighted by molar-refractivity contribution is -0.126. The lowest BCUT2D eigenvalue weighted by atomic mass is 9.96. The Morgan fingerprint density at radius 2 is 1.60 bits per heavy atom. The van der Waals surface area contributed by atoms with Crippen LogP contribution in [0.3, 0.4) is 0 Å². The Morgan fingerprint density at radius 1 is 1.04 bits per heavy atom. The van der Waals surface area contributed by atoms with Crippen molar-refractivity contribution >= 4 is 16.1 Å². The van der Waals surface area contributed by atoms with E-state index < -0.39 is 10.2 Å². The van der Waals surface area contributed by atoms with Crippen LogP contribution in [0.15, 0.2) is 30.3 Å². The highest BCUT2D eigenvalue weighted by molar-refractivity contribution is 7.86. The zero-order chi connectivity index (χ0) is 17.9. The number of carbonyl (C=O) groups is 1. The number of rotatable bonds is 5. The number of amides is 1. The van der Waals surface area contributed by atoms with Crippen LogP contribution in [0.5, 0.6) is 0 Å². The number of hydrogen-bond acceptors (Lipinski definition) is 3. The van der Waals surface area contributed by atoms with Gasteiger partial charge in [0, 0.05) is 32.1 Å². The maximum atomic E-state index is 12.6. The molecule has 25 heavy (non-hydrogen) atoms. The highest BCUT2D eigenvalue weighted by atomic mass is 32.2. The molecule has 0 saturated carbocycles. The van der Waals surface area contributed by atoms with Crippen molar-refractivity contribution in [1.29, 1.82) is 0 Å². The molecule has 0 bridgehead atoms. The summed E-state index contributed by atoms with van der Waals surface area (Å²) in [6, 6.07) is 9.82. The molecule has 1 amide bonds. The predicted molar refractivity (Wildman–Crippen MR) is 97.0 cm³/mol. The van der Waals surface area contributed by atoms with Crippen LogP contribution in [0.1, 0.15) is 44.2 Å². The molecule has 1 aromatic carbocycles. The number of nitrogens with zero attached hydrogens (tertiary/aromatic N) is 2. The van der Waals surface area contributed by atoms with E-state index in [9.17, 15) is 13.2 Å². The summed E-state index contributed by atoms with van der Waals surface area (Å²) in [5, 5.41) is 3.06. The van der Waals surface area contributed by atoms with E-state index in [1.807, 2.05) is 37.3 Å². The molecule has 2 heterocycles. The standard InChI is InChI=1S/C18H27N3O3S/c1-15(16-7-3-2-4-8-16)19-18(22)17-9-13-21(14-10-17)25(23,24)20-11-5-6-12-20/h2-4,7-8,15,17H,5-6,9-14H2,1H3,(H,19,22)/t15-/m1/s1. The van der Waals surface area contributed by atoms with Crippen LogP contribution in [0, 0.1) is 5.92 Å². The summed E-state index contributed by atoms with van der Waals surface area (Å²) in [6.07, 6.45) is 3.05. The molecule has 2 saturated heterocycles. The van der Waals surface area contributed by atoms with Crippen LogP contribution in [0.2, 0.25) is 0 Å². The van der Waals surface area contributed by atoms with Gasteiger partial charge in [0.15, 0.2) is 0 Å². The van der Waals surface area contributed by atoms with E-state index in [0.29, 0.717) is 39.0 Å². The fourth-order valence-corrected chi connectivity index (χ4v) is 5.31. The van der Waals surface area contributed by atoms with Crippen molar-refractivity contribution < 1.29 is 13.2 Å². The maximum absolute atomic E-state index is 12.6. The highest BCUT2D eigenvalue weighted by Crippen LogP contribution is 2.24. The largest absolute Gasteiger partial charge is 0.349 e. The van der Waals surface area contributed by atoms with Gasteiger partial charge in [-0.05, 0) is 38.2 Å². The third-order valence-corrected chi connectivity index (χ3v) is 7.24.